The van der Waals surface area contributed by atoms with Crippen LogP contribution in [0.2, 0.25) is 0 Å². The van der Waals surface area contributed by atoms with Crippen molar-refractivity contribution >= 4 is 126 Å². The number of carboxylic acid groups (broad SMARTS) is 1. The van der Waals surface area contributed by atoms with Crippen molar-refractivity contribution in [3.8, 4) is 5.75 Å². The fourth-order valence-electron chi connectivity index (χ4n) is 10.4. The van der Waals surface area contributed by atoms with Crippen molar-refractivity contribution in [3.05, 3.63) is 48.0 Å². The van der Waals surface area contributed by atoms with E-state index in [2.05, 4.69) is 73.8 Å². The first-order valence-corrected chi connectivity index (χ1v) is 35.9. The zero-order valence-electron chi connectivity index (χ0n) is 52.7. The Morgan fingerprint density at radius 2 is 1.33 bits per heavy atom. The number of rotatable bonds is 18. The Morgan fingerprint density at radius 3 is 1.97 bits per heavy atom. The normalized spacial score (nSPS) is 26.4. The van der Waals surface area contributed by atoms with Gasteiger partial charge in [0.2, 0.25) is 76.8 Å². The largest absolute Gasteiger partial charge is 0.508 e. The summed E-state index contributed by atoms with van der Waals surface area (Å²) in [7, 11) is 3.48. The highest BCUT2D eigenvalue weighted by Gasteiger charge is 2.45. The molecule has 4 saturated heterocycles. The summed E-state index contributed by atoms with van der Waals surface area (Å²) >= 11 is 0. The van der Waals surface area contributed by atoms with Crippen LogP contribution in [0.15, 0.2) is 36.8 Å². The zero-order valence-corrected chi connectivity index (χ0v) is 56.0. The third-order valence-corrected chi connectivity index (χ3v) is 20.3. The van der Waals surface area contributed by atoms with Crippen molar-refractivity contribution in [2.45, 2.75) is 158 Å². The van der Waals surface area contributed by atoms with Gasteiger partial charge in [-0.2, -0.15) is 0 Å². The molecule has 0 saturated carbocycles. The first-order valence-electron chi connectivity index (χ1n) is 30.9. The van der Waals surface area contributed by atoms with Gasteiger partial charge < -0.3 is 94.7 Å². The maximum atomic E-state index is 15.0. The van der Waals surface area contributed by atoms with E-state index in [-0.39, 0.29) is 87.1 Å². The summed E-state index contributed by atoms with van der Waals surface area (Å²) < 4.78 is 0. The summed E-state index contributed by atoms with van der Waals surface area (Å²) in [5, 5.41) is 62.6. The number of hydrogen-bond donors (Lipinski definition) is 17. The van der Waals surface area contributed by atoms with E-state index in [0.29, 0.717) is 24.1 Å². The molecule has 4 fully saturated rings. The van der Waals surface area contributed by atoms with Gasteiger partial charge in [0.05, 0.1) is 25.5 Å². The number of aliphatic hydroxyl groups is 1. The minimum atomic E-state index is -1.71. The fraction of sp³-hybridized carbons (Fsp3) is 0.603. The van der Waals surface area contributed by atoms with Gasteiger partial charge >= 0.3 is 5.97 Å². The van der Waals surface area contributed by atoms with Gasteiger partial charge in [0.1, 0.15) is 72.2 Å². The molecule has 4 aliphatic heterocycles. The van der Waals surface area contributed by atoms with E-state index in [9.17, 15) is 82.4 Å². The van der Waals surface area contributed by atoms with Crippen LogP contribution in [0, 0.1) is 11.8 Å². The minimum absolute atomic E-state index is 0.00288. The average molecular weight is 1410 g/mol. The van der Waals surface area contributed by atoms with Crippen LogP contribution in [-0.2, 0) is 80.0 Å². The number of nitrogens with one attached hydrogen (secondary N) is 13. The van der Waals surface area contributed by atoms with Gasteiger partial charge in [-0.25, -0.2) is 9.78 Å². The van der Waals surface area contributed by atoms with Gasteiger partial charge in [0, 0.05) is 60.7 Å². The van der Waals surface area contributed by atoms with Crippen LogP contribution in [-0.4, -0.2) is 235 Å². The molecule has 37 heteroatoms. The highest BCUT2D eigenvalue weighted by Crippen LogP contribution is 2.27. The molecule has 2 bridgehead atoms. The summed E-state index contributed by atoms with van der Waals surface area (Å²) in [4.78, 5) is 204. The molecular formula is C58H84N16O17S4. The Bertz CT molecular complexity index is 3080. The molecule has 33 nitrogen and oxygen atoms in total. The maximum absolute atomic E-state index is 15.0. The molecule has 5 heterocycles. The highest BCUT2D eigenvalue weighted by atomic mass is 33.1. The number of H-pyrrole nitrogens is 1. The molecule has 2 aromatic rings. The van der Waals surface area contributed by atoms with Gasteiger partial charge in [-0.15, -0.1) is 0 Å². The van der Waals surface area contributed by atoms with E-state index in [0.717, 1.165) is 48.1 Å². The Balaban J connectivity index is 1.41. The molecule has 18 N–H and O–H groups in total. The van der Waals surface area contributed by atoms with Crippen LogP contribution >= 0.6 is 43.2 Å². The van der Waals surface area contributed by atoms with E-state index in [1.165, 1.54) is 36.8 Å². The molecule has 0 spiro atoms. The van der Waals surface area contributed by atoms with Crippen molar-refractivity contribution in [3.63, 3.8) is 0 Å². The average Bonchev–Trinajstić information content (AvgIpc) is 1.73. The number of carbonyl (C=O) groups is 14. The number of unbranched alkanes of at least 4 members (excludes halogenated alkanes) is 1. The smallest absolute Gasteiger partial charge is 0.327 e. The molecule has 4 aliphatic rings. The van der Waals surface area contributed by atoms with Gasteiger partial charge in [0.15, 0.2) is 0 Å². The monoisotopic (exact) mass is 1400 g/mol. The molecular weight excluding hydrogens is 1320 g/mol. The van der Waals surface area contributed by atoms with Gasteiger partial charge in [-0.3, -0.25) is 62.3 Å². The first-order chi connectivity index (χ1) is 45.2. The van der Waals surface area contributed by atoms with E-state index < -0.39 is 180 Å². The van der Waals surface area contributed by atoms with Crippen LogP contribution in [0.3, 0.4) is 0 Å². The Kier molecular flexibility index (Phi) is 30.0. The van der Waals surface area contributed by atoms with Crippen LogP contribution in [0.25, 0.3) is 0 Å². The summed E-state index contributed by atoms with van der Waals surface area (Å²) in [5.74, 6) is -15.4. The van der Waals surface area contributed by atoms with Gasteiger partial charge in [0.25, 0.3) is 0 Å². The van der Waals surface area contributed by atoms with Crippen molar-refractivity contribution in [1.82, 2.24) is 78.7 Å². The van der Waals surface area contributed by atoms with Crippen LogP contribution in [0.5, 0.6) is 5.75 Å². The van der Waals surface area contributed by atoms with Gasteiger partial charge in [-0.05, 0) is 74.6 Å². The zero-order chi connectivity index (χ0) is 69.5. The number of carbonyl (C=O) groups excluding carboxylic acids is 13. The summed E-state index contributed by atoms with van der Waals surface area (Å²) in [6.07, 6.45) is 1.53. The number of benzene rings is 1. The van der Waals surface area contributed by atoms with Crippen LogP contribution in [0.4, 0.5) is 0 Å². The number of aliphatic hydroxyl groups excluding tert-OH is 1. The molecule has 12 atom stereocenters. The number of imidazole rings is 1. The van der Waals surface area contributed by atoms with Crippen molar-refractivity contribution in [1.29, 1.82) is 0 Å². The number of fused-ring (bicyclic) bond motifs is 6. The fourth-order valence-corrected chi connectivity index (χ4v) is 15.0. The predicted molar refractivity (Wildman–Crippen MR) is 349 cm³/mol. The lowest BCUT2D eigenvalue weighted by Crippen LogP contribution is -2.61. The molecule has 6 rings (SSSR count). The maximum Gasteiger partial charge on any atom is 0.327 e. The number of aromatic nitrogens is 2. The van der Waals surface area contributed by atoms with E-state index in [1.54, 1.807) is 27.7 Å². The van der Waals surface area contributed by atoms with Gasteiger partial charge in [-0.1, -0.05) is 83.0 Å². The molecule has 13 amide bonds. The number of amides is 13. The number of nitrogens with two attached hydrogens (primary N) is 1. The number of nitrogens with zero attached hydrogens (tertiary/aromatic N) is 2. The summed E-state index contributed by atoms with van der Waals surface area (Å²) in [5.41, 5.74) is 6.59. The first kappa shape index (κ1) is 76.2. The third kappa shape index (κ3) is 23.8. The number of aliphatic carboxylic acids is 1. The molecule has 0 radical (unpaired) electrons. The Hall–Kier alpha value is -7.87. The lowest BCUT2D eigenvalue weighted by Gasteiger charge is -2.31. The SMILES string of the molecule is CC(C)C[C@@H]1NC(=O)[C@H](CCCCN)NC(=O)[C@H](Cc2ccc(O)cc2)NC(=O)CNC(=O)[C@@H]2CSSC[C@H](NC1=O)C(=O)N[C@@H](Cc1cnc[nH]1)C(=O)N1CC[C@H](O)[C@H]1C(=O)N[C@H](C(=O)O)CSSC[C@@H](NC(=O)[C@@H](NC(=O)CNC(=O)[C@@H]1CCC(=O)N1)C(C)C)C(=O)N2. The van der Waals surface area contributed by atoms with Crippen molar-refractivity contribution in [2.75, 3.05) is 49.2 Å². The van der Waals surface area contributed by atoms with E-state index >= 15 is 0 Å². The summed E-state index contributed by atoms with van der Waals surface area (Å²) in [6, 6.07) is -10.5. The summed E-state index contributed by atoms with van der Waals surface area (Å²) in [6.45, 7) is 5.24. The number of phenols is 1. The van der Waals surface area contributed by atoms with E-state index in [1.807, 2.05) is 0 Å². The number of phenolic OH excluding ortho intramolecular Hbond substituents is 1. The second-order valence-corrected chi connectivity index (χ2v) is 28.9. The van der Waals surface area contributed by atoms with E-state index in [4.69, 9.17) is 5.73 Å². The second kappa shape index (κ2) is 37.4. The number of aromatic hydroxyl groups is 1. The standard InChI is InChI=1S/C58H84N16O17S4/c1-28(2)17-35-51(83)70-39-24-93-92-23-38(49(81)62-21-44(78)65-36(18-30-8-10-32(75)11-9-30)52(84)66-33(50(82)67-35)7-5-6-15-59)69-54(86)40(71-55(87)46(29(3)4)73-45(79)22-61-48(80)34-12-13-43(77)64-34)25-94-95-26-41(58(90)91)72-56(88)47-42(76)14-16-74(47)57(89)37(68-53(39)85)19-31-20-60-27-63-31/h8-11,20,27-29,33-42,46-47,75-76H,5-7,12-19,21-26,59H2,1-4H3,(H,60,63)(H,61,80)(H,62,81)(H,64,77)(H,65,78)(H,66,84)(H,67,82)(H,68,85)(H,69,86)(H,70,83)(H,71,87)(H,72,88)(H,73,79)(H,90,91)/t33-,34-,35-,36-,37-,38-,39-,40+,41-,42-,46-,47-/m0/s1. The number of hydrogen-bond acceptors (Lipinski definition) is 22. The topological polar surface area (TPSA) is 502 Å². The number of aromatic amines is 1. The highest BCUT2D eigenvalue weighted by molar-refractivity contribution is 8.77. The van der Waals surface area contributed by atoms with Crippen LogP contribution < -0.4 is 69.5 Å². The Labute approximate surface area is 562 Å². The molecule has 522 valence electrons. The molecule has 0 aliphatic carbocycles. The lowest BCUT2D eigenvalue weighted by molar-refractivity contribution is -0.146. The van der Waals surface area contributed by atoms with Crippen LogP contribution in [0.1, 0.15) is 83.9 Å². The predicted octanol–water partition coefficient (Wildman–Crippen LogP) is -4.56. The number of carboxylic acids is 1. The molecule has 95 heavy (non-hydrogen) atoms. The lowest BCUT2D eigenvalue weighted by atomic mass is 10.0. The van der Waals surface area contributed by atoms with Crippen molar-refractivity contribution < 1.29 is 82.4 Å². The quantitative estimate of drug-likeness (QED) is 0.0494. The third-order valence-electron chi connectivity index (χ3n) is 15.5. The molecule has 1 aromatic heterocycles. The second-order valence-electron chi connectivity index (χ2n) is 23.8. The Morgan fingerprint density at radius 1 is 0.684 bits per heavy atom. The molecule has 1 aromatic carbocycles. The van der Waals surface area contributed by atoms with Crippen molar-refractivity contribution in [2.24, 2.45) is 17.6 Å². The molecule has 0 unspecified atom stereocenters. The minimum Gasteiger partial charge on any atom is -0.508 e.